The summed E-state index contributed by atoms with van der Waals surface area (Å²) in [6, 6.07) is 7.08. The number of rotatable bonds is 2. The Morgan fingerprint density at radius 3 is 2.18 bits per heavy atom. The normalized spacial score (nSPS) is 13.0. The Morgan fingerprint density at radius 2 is 1.82 bits per heavy atom. The number of hydrogen-bond acceptors (Lipinski definition) is 3. The van der Waals surface area contributed by atoms with Crippen molar-refractivity contribution in [1.82, 2.24) is 0 Å². The lowest BCUT2D eigenvalue weighted by molar-refractivity contribution is 0.596. The number of nitrogens with two attached hydrogens (primary N) is 2. The predicted octanol–water partition coefficient (Wildman–Crippen LogP) is 0.127. The zero-order valence-corrected chi connectivity index (χ0v) is 6.80. The summed E-state index contributed by atoms with van der Waals surface area (Å²) >= 11 is -1.38. The van der Waals surface area contributed by atoms with Crippen molar-refractivity contribution in [3.8, 4) is 0 Å². The van der Waals surface area contributed by atoms with E-state index in [9.17, 15) is 4.55 Å². The Morgan fingerprint density at radius 1 is 1.27 bits per heavy atom. The Bertz CT molecular complexity index is 222. The molecule has 0 heterocycles. The highest BCUT2D eigenvalue weighted by Gasteiger charge is 2.02. The van der Waals surface area contributed by atoms with Crippen LogP contribution in [-0.4, -0.2) is 4.55 Å². The molecule has 0 bridgehead atoms. The maximum atomic E-state index is 10.7. The molecular formula is C7H10N2OS. The van der Waals surface area contributed by atoms with Gasteiger partial charge in [-0.15, -0.1) is 5.14 Å². The molecule has 4 N–H and O–H groups in total. The zero-order chi connectivity index (χ0) is 8.27. The van der Waals surface area contributed by atoms with E-state index in [-0.39, 0.29) is 0 Å². The van der Waals surface area contributed by atoms with Gasteiger partial charge in [0.05, 0.1) is 11.4 Å². The molecule has 60 valence electrons. The molecule has 0 aliphatic carbocycles. The van der Waals surface area contributed by atoms with Gasteiger partial charge in [-0.1, -0.05) is 12.1 Å². The Balaban J connectivity index is 2.83. The fraction of sp³-hybridized carbons (Fsp3) is 0.143. The minimum atomic E-state index is -1.38. The molecule has 0 amide bonds. The highest BCUT2D eigenvalue weighted by molar-refractivity contribution is 7.89. The van der Waals surface area contributed by atoms with E-state index in [0.29, 0.717) is 11.4 Å². The fourth-order valence-corrected chi connectivity index (χ4v) is 1.16. The number of benzene rings is 1. The van der Waals surface area contributed by atoms with Crippen molar-refractivity contribution in [3.05, 3.63) is 29.8 Å². The van der Waals surface area contributed by atoms with Crippen LogP contribution in [0, 0.1) is 0 Å². The first-order chi connectivity index (χ1) is 5.24. The van der Waals surface area contributed by atoms with Crippen molar-refractivity contribution in [1.29, 1.82) is 0 Å². The van der Waals surface area contributed by atoms with Crippen LogP contribution in [-0.2, 0) is 17.9 Å². The van der Waals surface area contributed by atoms with Crippen LogP contribution in [0.4, 0.5) is 0 Å². The maximum absolute atomic E-state index is 10.7. The molecule has 0 radical (unpaired) electrons. The standard InChI is InChI=1S/C7H10N2OS/c8-5-6-1-3-7(4-2-6)11(9)10/h1-4H,5,8-9H2. The average Bonchev–Trinajstić information content (AvgIpc) is 2.05. The van der Waals surface area contributed by atoms with Crippen LogP contribution in [0.2, 0.25) is 0 Å². The predicted molar refractivity (Wildman–Crippen MR) is 44.9 cm³/mol. The SMILES string of the molecule is NCc1ccc([S+](N)[O-])cc1. The molecule has 0 saturated heterocycles. The van der Waals surface area contributed by atoms with E-state index in [4.69, 9.17) is 10.9 Å². The largest absolute Gasteiger partial charge is 0.593 e. The minimum absolute atomic E-state index is 0.498. The molecular weight excluding hydrogens is 160 g/mol. The molecule has 4 heteroatoms. The van der Waals surface area contributed by atoms with Gasteiger partial charge in [-0.05, 0) is 17.7 Å². The molecule has 0 fully saturated rings. The van der Waals surface area contributed by atoms with Gasteiger partial charge in [0.2, 0.25) is 0 Å². The summed E-state index contributed by atoms with van der Waals surface area (Å²) in [7, 11) is 0. The lowest BCUT2D eigenvalue weighted by Gasteiger charge is -2.02. The molecule has 0 spiro atoms. The zero-order valence-electron chi connectivity index (χ0n) is 5.99. The van der Waals surface area contributed by atoms with Crippen molar-refractivity contribution < 1.29 is 4.55 Å². The first-order valence-corrected chi connectivity index (χ1v) is 4.40. The summed E-state index contributed by atoms with van der Waals surface area (Å²) in [4.78, 5) is 0.627. The molecule has 1 rings (SSSR count). The van der Waals surface area contributed by atoms with Gasteiger partial charge >= 0.3 is 0 Å². The minimum Gasteiger partial charge on any atom is -0.593 e. The molecule has 0 saturated carbocycles. The summed E-state index contributed by atoms with van der Waals surface area (Å²) in [5.41, 5.74) is 6.38. The van der Waals surface area contributed by atoms with E-state index in [1.807, 2.05) is 12.1 Å². The van der Waals surface area contributed by atoms with Crippen molar-refractivity contribution in [3.63, 3.8) is 0 Å². The van der Waals surface area contributed by atoms with Gasteiger partial charge in [0.1, 0.15) is 0 Å². The summed E-state index contributed by atoms with van der Waals surface area (Å²) in [5.74, 6) is 0. The van der Waals surface area contributed by atoms with Crippen LogP contribution < -0.4 is 10.9 Å². The highest BCUT2D eigenvalue weighted by Crippen LogP contribution is 2.07. The van der Waals surface area contributed by atoms with E-state index >= 15 is 0 Å². The first-order valence-electron chi connectivity index (χ1n) is 3.19. The van der Waals surface area contributed by atoms with Crippen LogP contribution in [0.15, 0.2) is 29.2 Å². The molecule has 11 heavy (non-hydrogen) atoms. The van der Waals surface area contributed by atoms with E-state index in [0.717, 1.165) is 5.56 Å². The van der Waals surface area contributed by atoms with E-state index in [1.54, 1.807) is 12.1 Å². The number of hydrogen-bond donors (Lipinski definition) is 2. The van der Waals surface area contributed by atoms with Crippen LogP contribution in [0.1, 0.15) is 5.56 Å². The third-order valence-electron chi connectivity index (χ3n) is 1.39. The van der Waals surface area contributed by atoms with Crippen molar-refractivity contribution >= 4 is 11.4 Å². The average molecular weight is 170 g/mol. The maximum Gasteiger partial charge on any atom is 0.173 e. The van der Waals surface area contributed by atoms with Crippen molar-refractivity contribution in [2.75, 3.05) is 0 Å². The topological polar surface area (TPSA) is 75.1 Å². The monoisotopic (exact) mass is 170 g/mol. The second-order valence-electron chi connectivity index (χ2n) is 2.15. The smallest absolute Gasteiger partial charge is 0.173 e. The lowest BCUT2D eigenvalue weighted by atomic mass is 10.2. The van der Waals surface area contributed by atoms with Crippen LogP contribution in [0.25, 0.3) is 0 Å². The summed E-state index contributed by atoms with van der Waals surface area (Å²) in [5, 5.41) is 5.15. The molecule has 1 aromatic rings. The third kappa shape index (κ3) is 2.20. The van der Waals surface area contributed by atoms with Crippen molar-refractivity contribution in [2.24, 2.45) is 10.9 Å². The summed E-state index contributed by atoms with van der Waals surface area (Å²) < 4.78 is 10.7. The molecule has 0 aliphatic heterocycles. The summed E-state index contributed by atoms with van der Waals surface area (Å²) in [6.45, 7) is 0.498. The van der Waals surface area contributed by atoms with E-state index in [2.05, 4.69) is 0 Å². The summed E-state index contributed by atoms with van der Waals surface area (Å²) in [6.07, 6.45) is 0. The Hall–Kier alpha value is -0.550. The van der Waals surface area contributed by atoms with Crippen molar-refractivity contribution in [2.45, 2.75) is 11.4 Å². The van der Waals surface area contributed by atoms with Gasteiger partial charge in [0, 0.05) is 6.54 Å². The van der Waals surface area contributed by atoms with Gasteiger partial charge < -0.3 is 10.3 Å². The molecule has 1 aromatic carbocycles. The third-order valence-corrected chi connectivity index (χ3v) is 2.13. The van der Waals surface area contributed by atoms with Gasteiger partial charge in [0.25, 0.3) is 0 Å². The molecule has 1 atom stereocenters. The van der Waals surface area contributed by atoms with Crippen LogP contribution in [0.5, 0.6) is 0 Å². The van der Waals surface area contributed by atoms with E-state index < -0.39 is 11.4 Å². The van der Waals surface area contributed by atoms with E-state index in [1.165, 1.54) is 0 Å². The second-order valence-corrected chi connectivity index (χ2v) is 3.21. The first kappa shape index (κ1) is 8.55. The molecule has 0 aromatic heterocycles. The molecule has 1 unspecified atom stereocenters. The van der Waals surface area contributed by atoms with Gasteiger partial charge in [-0.3, -0.25) is 0 Å². The Labute approximate surface area is 68.7 Å². The van der Waals surface area contributed by atoms with Crippen LogP contribution in [0.3, 0.4) is 0 Å². The lowest BCUT2D eigenvalue weighted by Crippen LogP contribution is -2.12. The Kier molecular flexibility index (Phi) is 2.90. The van der Waals surface area contributed by atoms with Crippen LogP contribution >= 0.6 is 0 Å². The molecule has 0 aliphatic rings. The quantitative estimate of drug-likeness (QED) is 0.619. The highest BCUT2D eigenvalue weighted by atomic mass is 32.2. The second kappa shape index (κ2) is 3.73. The molecule has 3 nitrogen and oxygen atoms in total. The fourth-order valence-electron chi connectivity index (χ4n) is 0.760. The van der Waals surface area contributed by atoms with Gasteiger partial charge in [-0.25, -0.2) is 0 Å². The van der Waals surface area contributed by atoms with Gasteiger partial charge in [0.15, 0.2) is 4.90 Å². The van der Waals surface area contributed by atoms with Gasteiger partial charge in [-0.2, -0.15) is 0 Å².